The van der Waals surface area contributed by atoms with Gasteiger partial charge in [0.25, 0.3) is 0 Å². The van der Waals surface area contributed by atoms with Crippen LogP contribution in [0.5, 0.6) is 17.2 Å². The fourth-order valence-corrected chi connectivity index (χ4v) is 3.53. The van der Waals surface area contributed by atoms with Gasteiger partial charge in [-0.25, -0.2) is 0 Å². The normalized spacial score (nSPS) is 10.7. The van der Waals surface area contributed by atoms with E-state index in [0.717, 1.165) is 77.0 Å². The fraction of sp³-hybridized carbons (Fsp3) is 0.679. The third-order valence-corrected chi connectivity index (χ3v) is 5.67. The van der Waals surface area contributed by atoms with Crippen molar-refractivity contribution in [2.45, 2.75) is 124 Å². The summed E-state index contributed by atoms with van der Waals surface area (Å²) >= 11 is 0. The summed E-state index contributed by atoms with van der Waals surface area (Å²) in [6.07, 6.45) is 12.6. The van der Waals surface area contributed by atoms with Gasteiger partial charge in [-0.05, 0) is 26.2 Å². The van der Waals surface area contributed by atoms with Crippen molar-refractivity contribution in [2.75, 3.05) is 0 Å². The van der Waals surface area contributed by atoms with Crippen molar-refractivity contribution in [3.8, 4) is 17.2 Å². The van der Waals surface area contributed by atoms with Crippen LogP contribution in [0.2, 0.25) is 0 Å². The predicted octanol–water partition coefficient (Wildman–Crippen LogP) is 7.62. The quantitative estimate of drug-likeness (QED) is 0.123. The molecule has 1 rings (SSSR count). The topological polar surface area (TPSA) is 78.9 Å². The molecule has 34 heavy (non-hydrogen) atoms. The van der Waals surface area contributed by atoms with E-state index in [1.165, 1.54) is 12.1 Å². The standard InChI is InChI=1S/C28H44O6/c1-5-8-11-14-17-26(29)32-23-20-24(33-27(30)18-15-12-9-6-2)22(4)25(21-23)34-28(31)19-16-13-10-7-3/h20-21H,5-19H2,1-4H3. The number of benzene rings is 1. The molecule has 0 unspecified atom stereocenters. The maximum Gasteiger partial charge on any atom is 0.311 e. The molecule has 0 atom stereocenters. The largest absolute Gasteiger partial charge is 0.426 e. The molecule has 0 aliphatic heterocycles. The van der Waals surface area contributed by atoms with Gasteiger partial charge in [0.1, 0.15) is 17.2 Å². The SMILES string of the molecule is CCCCCCC(=O)Oc1cc(OC(=O)CCCCCC)c(C)c(OC(=O)CCCCCC)c1. The number of rotatable bonds is 18. The third-order valence-electron chi connectivity index (χ3n) is 5.67. The van der Waals surface area contributed by atoms with Crippen molar-refractivity contribution >= 4 is 17.9 Å². The van der Waals surface area contributed by atoms with E-state index in [0.29, 0.717) is 24.8 Å². The first-order valence-electron chi connectivity index (χ1n) is 13.2. The number of ether oxygens (including phenoxy) is 3. The Balaban J connectivity index is 2.91. The second-order valence-electron chi connectivity index (χ2n) is 8.90. The summed E-state index contributed by atoms with van der Waals surface area (Å²) in [6.45, 7) is 8.08. The van der Waals surface area contributed by atoms with Gasteiger partial charge in [0, 0.05) is 37.0 Å². The third kappa shape index (κ3) is 12.8. The molecular weight excluding hydrogens is 432 g/mol. The van der Waals surface area contributed by atoms with E-state index in [-0.39, 0.29) is 35.2 Å². The van der Waals surface area contributed by atoms with Crippen LogP contribution in [-0.4, -0.2) is 17.9 Å². The predicted molar refractivity (Wildman–Crippen MR) is 134 cm³/mol. The lowest BCUT2D eigenvalue weighted by atomic mass is 10.1. The van der Waals surface area contributed by atoms with Gasteiger partial charge >= 0.3 is 17.9 Å². The van der Waals surface area contributed by atoms with Gasteiger partial charge in [-0.15, -0.1) is 0 Å². The molecule has 0 spiro atoms. The van der Waals surface area contributed by atoms with E-state index in [1.807, 2.05) is 0 Å². The van der Waals surface area contributed by atoms with Gasteiger partial charge < -0.3 is 14.2 Å². The second kappa shape index (κ2) is 18.0. The van der Waals surface area contributed by atoms with E-state index in [9.17, 15) is 14.4 Å². The molecule has 0 amide bonds. The Hall–Kier alpha value is -2.37. The van der Waals surface area contributed by atoms with Crippen LogP contribution in [0.4, 0.5) is 0 Å². The van der Waals surface area contributed by atoms with Crippen molar-refractivity contribution in [3.05, 3.63) is 17.7 Å². The van der Waals surface area contributed by atoms with Crippen LogP contribution in [0.3, 0.4) is 0 Å². The van der Waals surface area contributed by atoms with Crippen LogP contribution in [0.25, 0.3) is 0 Å². The van der Waals surface area contributed by atoms with Gasteiger partial charge in [-0.1, -0.05) is 78.6 Å². The summed E-state index contributed by atoms with van der Waals surface area (Å²) in [5.74, 6) is -0.323. The smallest absolute Gasteiger partial charge is 0.311 e. The number of hydrogen-bond acceptors (Lipinski definition) is 6. The number of hydrogen-bond donors (Lipinski definition) is 0. The molecule has 0 aliphatic rings. The zero-order valence-electron chi connectivity index (χ0n) is 21.7. The maximum absolute atomic E-state index is 12.4. The Morgan fingerprint density at radius 1 is 0.559 bits per heavy atom. The van der Waals surface area contributed by atoms with Gasteiger partial charge in [0.2, 0.25) is 0 Å². The molecule has 1 aromatic carbocycles. The van der Waals surface area contributed by atoms with Gasteiger partial charge in [-0.3, -0.25) is 14.4 Å². The van der Waals surface area contributed by atoms with Gasteiger partial charge in [-0.2, -0.15) is 0 Å². The summed E-state index contributed by atoms with van der Waals surface area (Å²) in [7, 11) is 0. The average Bonchev–Trinajstić information content (AvgIpc) is 2.80. The van der Waals surface area contributed by atoms with Crippen LogP contribution in [-0.2, 0) is 14.4 Å². The molecule has 0 heterocycles. The van der Waals surface area contributed by atoms with Gasteiger partial charge in [0.05, 0.1) is 0 Å². The Kier molecular flexibility index (Phi) is 15.7. The van der Waals surface area contributed by atoms with Crippen molar-refractivity contribution in [1.82, 2.24) is 0 Å². The number of carbonyl (C=O) groups excluding carboxylic acids is 3. The van der Waals surface area contributed by atoms with E-state index in [2.05, 4.69) is 20.8 Å². The van der Waals surface area contributed by atoms with Crippen LogP contribution in [0, 0.1) is 6.92 Å². The molecule has 6 nitrogen and oxygen atoms in total. The molecule has 1 aromatic rings. The van der Waals surface area contributed by atoms with Crippen molar-refractivity contribution < 1.29 is 28.6 Å². The molecule has 0 fully saturated rings. The Labute approximate surface area is 205 Å². The van der Waals surface area contributed by atoms with E-state index in [4.69, 9.17) is 14.2 Å². The molecule has 0 saturated heterocycles. The summed E-state index contributed by atoms with van der Waals surface area (Å²) in [4.78, 5) is 37.0. The molecule has 6 heteroatoms. The first-order valence-corrected chi connectivity index (χ1v) is 13.2. The van der Waals surface area contributed by atoms with Crippen molar-refractivity contribution in [2.24, 2.45) is 0 Å². The molecule has 0 aromatic heterocycles. The molecular formula is C28H44O6. The summed E-state index contributed by atoms with van der Waals surface area (Å²) in [5.41, 5.74) is 0.534. The van der Waals surface area contributed by atoms with Crippen molar-refractivity contribution in [3.63, 3.8) is 0 Å². The molecule has 0 radical (unpaired) electrons. The average molecular weight is 477 g/mol. The minimum absolute atomic E-state index is 0.216. The Bertz CT molecular complexity index is 708. The highest BCUT2D eigenvalue weighted by atomic mass is 16.6. The van der Waals surface area contributed by atoms with E-state index in [1.54, 1.807) is 6.92 Å². The first kappa shape index (κ1) is 29.7. The highest BCUT2D eigenvalue weighted by molar-refractivity contribution is 5.77. The molecule has 0 N–H and O–H groups in total. The number of unbranched alkanes of at least 4 members (excludes halogenated alkanes) is 9. The summed E-state index contributed by atoms with van der Waals surface area (Å²) in [6, 6.07) is 3.06. The van der Waals surface area contributed by atoms with E-state index >= 15 is 0 Å². The van der Waals surface area contributed by atoms with Crippen LogP contribution >= 0.6 is 0 Å². The summed E-state index contributed by atoms with van der Waals surface area (Å²) < 4.78 is 16.6. The lowest BCUT2D eigenvalue weighted by Gasteiger charge is -2.15. The monoisotopic (exact) mass is 476 g/mol. The molecule has 0 aliphatic carbocycles. The first-order chi connectivity index (χ1) is 16.4. The number of carbonyl (C=O) groups is 3. The summed E-state index contributed by atoms with van der Waals surface area (Å²) in [5, 5.41) is 0. The van der Waals surface area contributed by atoms with Crippen molar-refractivity contribution in [1.29, 1.82) is 0 Å². The maximum atomic E-state index is 12.4. The highest BCUT2D eigenvalue weighted by Gasteiger charge is 2.18. The second-order valence-corrected chi connectivity index (χ2v) is 8.90. The fourth-order valence-electron chi connectivity index (χ4n) is 3.53. The zero-order chi connectivity index (χ0) is 25.2. The van der Waals surface area contributed by atoms with E-state index < -0.39 is 0 Å². The molecule has 192 valence electrons. The van der Waals surface area contributed by atoms with Gasteiger partial charge in [0.15, 0.2) is 0 Å². The minimum atomic E-state index is -0.353. The Morgan fingerprint density at radius 2 is 0.912 bits per heavy atom. The number of esters is 3. The van der Waals surface area contributed by atoms with Crippen LogP contribution < -0.4 is 14.2 Å². The highest BCUT2D eigenvalue weighted by Crippen LogP contribution is 2.34. The lowest BCUT2D eigenvalue weighted by Crippen LogP contribution is -2.13. The van der Waals surface area contributed by atoms with Crippen LogP contribution in [0.15, 0.2) is 12.1 Å². The van der Waals surface area contributed by atoms with Crippen LogP contribution in [0.1, 0.15) is 123 Å². The minimum Gasteiger partial charge on any atom is -0.426 e. The zero-order valence-corrected chi connectivity index (χ0v) is 21.7. The Morgan fingerprint density at radius 3 is 1.26 bits per heavy atom. The lowest BCUT2D eigenvalue weighted by molar-refractivity contribution is -0.135. The molecule has 0 saturated carbocycles. The molecule has 0 bridgehead atoms.